The van der Waals surface area contributed by atoms with E-state index in [1.807, 2.05) is 17.8 Å². The quantitative estimate of drug-likeness (QED) is 0.718. The van der Waals surface area contributed by atoms with Crippen molar-refractivity contribution in [1.82, 2.24) is 5.32 Å². The third-order valence-corrected chi connectivity index (χ3v) is 4.49. The summed E-state index contributed by atoms with van der Waals surface area (Å²) in [5.41, 5.74) is 1.34. The number of rotatable bonds is 8. The summed E-state index contributed by atoms with van der Waals surface area (Å²) in [7, 11) is 1.71. The molecule has 1 N–H and O–H groups in total. The van der Waals surface area contributed by atoms with Gasteiger partial charge in [0.1, 0.15) is 5.75 Å². The predicted octanol–water partition coefficient (Wildman–Crippen LogP) is 4.64. The molecule has 2 nitrogen and oxygen atoms in total. The average Bonchev–Trinajstić information content (AvgIpc) is 2.53. The summed E-state index contributed by atoms with van der Waals surface area (Å²) in [6.07, 6.45) is 4.70. The van der Waals surface area contributed by atoms with Gasteiger partial charge in [0.05, 0.1) is 7.11 Å². The van der Waals surface area contributed by atoms with Crippen LogP contribution >= 0.6 is 11.8 Å². The van der Waals surface area contributed by atoms with Crippen LogP contribution in [0.2, 0.25) is 0 Å². The van der Waals surface area contributed by atoms with E-state index in [4.69, 9.17) is 4.74 Å². The van der Waals surface area contributed by atoms with E-state index in [2.05, 4.69) is 48.8 Å². The lowest BCUT2D eigenvalue weighted by atomic mass is 10.0. The Labute approximate surface area is 132 Å². The molecule has 21 heavy (non-hydrogen) atoms. The minimum absolute atomic E-state index is 0.394. The normalized spacial score (nSPS) is 12.5. The molecule has 2 aromatic carbocycles. The van der Waals surface area contributed by atoms with Crippen LogP contribution in [-0.2, 0) is 0 Å². The van der Waals surface area contributed by atoms with E-state index in [0.717, 1.165) is 12.3 Å². The van der Waals surface area contributed by atoms with Crippen LogP contribution < -0.4 is 10.1 Å². The van der Waals surface area contributed by atoms with Gasteiger partial charge in [-0.05, 0) is 72.9 Å². The number of hydrogen-bond donors (Lipinski definition) is 1. The van der Waals surface area contributed by atoms with Crippen molar-refractivity contribution in [3.63, 3.8) is 0 Å². The molecule has 0 radical (unpaired) electrons. The third kappa shape index (κ3) is 4.65. The van der Waals surface area contributed by atoms with Crippen LogP contribution in [0.5, 0.6) is 5.75 Å². The third-order valence-electron chi connectivity index (χ3n) is 3.80. The van der Waals surface area contributed by atoms with Gasteiger partial charge in [0.25, 0.3) is 0 Å². The highest BCUT2D eigenvalue weighted by molar-refractivity contribution is 7.98. The zero-order valence-corrected chi connectivity index (χ0v) is 14.0. The Balaban J connectivity index is 1.98. The number of benzene rings is 2. The standard InChI is InChI=1S/C18H25NOS/c1-14(19-10-4-5-11-21-3)15-6-7-17-13-18(20-2)9-8-16(17)12-15/h6-9,12-14,19H,4-5,10-11H2,1-3H3. The molecule has 1 unspecified atom stereocenters. The van der Waals surface area contributed by atoms with E-state index >= 15 is 0 Å². The largest absolute Gasteiger partial charge is 0.497 e. The van der Waals surface area contributed by atoms with Gasteiger partial charge in [-0.2, -0.15) is 11.8 Å². The van der Waals surface area contributed by atoms with E-state index < -0.39 is 0 Å². The number of unbranched alkanes of at least 4 members (excludes halogenated alkanes) is 1. The van der Waals surface area contributed by atoms with E-state index in [9.17, 15) is 0 Å². The van der Waals surface area contributed by atoms with Crippen molar-refractivity contribution in [2.24, 2.45) is 0 Å². The highest BCUT2D eigenvalue weighted by Crippen LogP contribution is 2.24. The van der Waals surface area contributed by atoms with Crippen LogP contribution in [0.15, 0.2) is 36.4 Å². The summed E-state index contributed by atoms with van der Waals surface area (Å²) < 4.78 is 5.27. The van der Waals surface area contributed by atoms with Gasteiger partial charge in [0.2, 0.25) is 0 Å². The number of hydrogen-bond acceptors (Lipinski definition) is 3. The molecule has 0 aliphatic carbocycles. The Hall–Kier alpha value is -1.19. The van der Waals surface area contributed by atoms with Crippen molar-refractivity contribution in [1.29, 1.82) is 0 Å². The lowest BCUT2D eigenvalue weighted by Gasteiger charge is -2.15. The van der Waals surface area contributed by atoms with Gasteiger partial charge in [0, 0.05) is 6.04 Å². The van der Waals surface area contributed by atoms with Crippen molar-refractivity contribution in [2.75, 3.05) is 25.7 Å². The highest BCUT2D eigenvalue weighted by Gasteiger charge is 2.06. The number of fused-ring (bicyclic) bond motifs is 1. The number of methoxy groups -OCH3 is 1. The molecule has 1 atom stereocenters. The Bertz CT molecular complexity index is 570. The fourth-order valence-corrected chi connectivity index (χ4v) is 2.94. The van der Waals surface area contributed by atoms with Crippen LogP contribution in [0, 0.1) is 0 Å². The fourth-order valence-electron chi connectivity index (χ4n) is 2.45. The first-order chi connectivity index (χ1) is 10.2. The lowest BCUT2D eigenvalue weighted by molar-refractivity contribution is 0.415. The lowest BCUT2D eigenvalue weighted by Crippen LogP contribution is -2.19. The maximum Gasteiger partial charge on any atom is 0.119 e. The van der Waals surface area contributed by atoms with E-state index in [1.165, 1.54) is 34.9 Å². The minimum atomic E-state index is 0.394. The first kappa shape index (κ1) is 16.2. The van der Waals surface area contributed by atoms with Crippen LogP contribution in [0.1, 0.15) is 31.4 Å². The fraction of sp³-hybridized carbons (Fsp3) is 0.444. The molecular weight excluding hydrogens is 278 g/mol. The van der Waals surface area contributed by atoms with Crippen LogP contribution in [0.3, 0.4) is 0 Å². The first-order valence-electron chi connectivity index (χ1n) is 7.54. The van der Waals surface area contributed by atoms with Crippen LogP contribution in [0.4, 0.5) is 0 Å². The molecule has 0 spiro atoms. The zero-order valence-electron chi connectivity index (χ0n) is 13.2. The van der Waals surface area contributed by atoms with Gasteiger partial charge in [-0.3, -0.25) is 0 Å². The smallest absolute Gasteiger partial charge is 0.119 e. The summed E-state index contributed by atoms with van der Waals surface area (Å²) in [4.78, 5) is 0. The molecule has 0 aliphatic rings. The van der Waals surface area contributed by atoms with Crippen molar-refractivity contribution < 1.29 is 4.74 Å². The second kappa shape index (κ2) is 8.30. The summed E-state index contributed by atoms with van der Waals surface area (Å²) >= 11 is 1.92. The summed E-state index contributed by atoms with van der Waals surface area (Å²) in [6, 6.07) is 13.3. The van der Waals surface area contributed by atoms with E-state index in [0.29, 0.717) is 6.04 Å². The molecule has 2 aromatic rings. The Kier molecular flexibility index (Phi) is 6.40. The SMILES string of the molecule is COc1ccc2cc(C(C)NCCCCSC)ccc2c1. The molecule has 0 saturated carbocycles. The Morgan fingerprint density at radius 1 is 1.10 bits per heavy atom. The van der Waals surface area contributed by atoms with Crippen molar-refractivity contribution in [3.05, 3.63) is 42.0 Å². The molecule has 0 aromatic heterocycles. The summed E-state index contributed by atoms with van der Waals surface area (Å²) in [5.74, 6) is 2.17. The van der Waals surface area contributed by atoms with Crippen molar-refractivity contribution in [2.45, 2.75) is 25.8 Å². The van der Waals surface area contributed by atoms with Gasteiger partial charge in [-0.15, -0.1) is 0 Å². The summed E-state index contributed by atoms with van der Waals surface area (Å²) in [5, 5.41) is 6.11. The van der Waals surface area contributed by atoms with Gasteiger partial charge in [-0.1, -0.05) is 18.2 Å². The van der Waals surface area contributed by atoms with E-state index in [1.54, 1.807) is 7.11 Å². The second-order valence-electron chi connectivity index (χ2n) is 5.35. The van der Waals surface area contributed by atoms with E-state index in [-0.39, 0.29) is 0 Å². The molecule has 0 saturated heterocycles. The molecule has 0 amide bonds. The summed E-state index contributed by atoms with van der Waals surface area (Å²) in [6.45, 7) is 3.32. The molecule has 3 heteroatoms. The van der Waals surface area contributed by atoms with Crippen LogP contribution in [-0.4, -0.2) is 25.7 Å². The molecule has 0 fully saturated rings. The molecular formula is C18H25NOS. The zero-order chi connectivity index (χ0) is 15.1. The first-order valence-corrected chi connectivity index (χ1v) is 8.94. The van der Waals surface area contributed by atoms with Gasteiger partial charge >= 0.3 is 0 Å². The predicted molar refractivity (Wildman–Crippen MR) is 94.5 cm³/mol. The molecule has 2 rings (SSSR count). The number of nitrogens with one attached hydrogen (secondary N) is 1. The molecule has 0 heterocycles. The topological polar surface area (TPSA) is 21.3 Å². The molecule has 0 aliphatic heterocycles. The monoisotopic (exact) mass is 303 g/mol. The minimum Gasteiger partial charge on any atom is -0.497 e. The Morgan fingerprint density at radius 3 is 2.62 bits per heavy atom. The van der Waals surface area contributed by atoms with Gasteiger partial charge < -0.3 is 10.1 Å². The maximum atomic E-state index is 5.27. The number of thioether (sulfide) groups is 1. The second-order valence-corrected chi connectivity index (χ2v) is 6.33. The average molecular weight is 303 g/mol. The van der Waals surface area contributed by atoms with Crippen molar-refractivity contribution >= 4 is 22.5 Å². The van der Waals surface area contributed by atoms with Gasteiger partial charge in [0.15, 0.2) is 0 Å². The molecule has 114 valence electrons. The van der Waals surface area contributed by atoms with Crippen molar-refractivity contribution in [3.8, 4) is 5.75 Å². The number of ether oxygens (including phenoxy) is 1. The molecule has 0 bridgehead atoms. The van der Waals surface area contributed by atoms with Gasteiger partial charge in [-0.25, -0.2) is 0 Å². The highest BCUT2D eigenvalue weighted by atomic mass is 32.2. The van der Waals surface area contributed by atoms with Crippen LogP contribution in [0.25, 0.3) is 10.8 Å². The maximum absolute atomic E-state index is 5.27. The Morgan fingerprint density at radius 2 is 1.86 bits per heavy atom.